The van der Waals surface area contributed by atoms with Crippen LogP contribution >= 0.6 is 11.6 Å². The standard InChI is InChI=1S/C7H3ClN4/c8-6-3-5(4-9)11-7-1-2-10-12(6)7/h1-3H. The van der Waals surface area contributed by atoms with Gasteiger partial charge in [-0.15, -0.1) is 0 Å². The molecule has 5 heteroatoms. The minimum Gasteiger partial charge on any atom is -0.218 e. The SMILES string of the molecule is N#Cc1cc(Cl)n2nccc2n1. The highest BCUT2D eigenvalue weighted by Crippen LogP contribution is 2.11. The molecule has 4 nitrogen and oxygen atoms in total. The van der Waals surface area contributed by atoms with Crippen LogP contribution < -0.4 is 0 Å². The molecule has 0 aliphatic heterocycles. The van der Waals surface area contributed by atoms with Crippen LogP contribution in [0, 0.1) is 11.3 Å². The normalized spacial score (nSPS) is 10.0. The second-order valence-electron chi connectivity index (χ2n) is 2.18. The molecule has 58 valence electrons. The van der Waals surface area contributed by atoms with E-state index in [9.17, 15) is 0 Å². The quantitative estimate of drug-likeness (QED) is 0.571. The average Bonchev–Trinajstić information content (AvgIpc) is 2.52. The summed E-state index contributed by atoms with van der Waals surface area (Å²) >= 11 is 5.79. The first kappa shape index (κ1) is 7.07. The molecule has 0 aliphatic rings. The van der Waals surface area contributed by atoms with Gasteiger partial charge in [-0.2, -0.15) is 10.4 Å². The molecule has 0 spiro atoms. The van der Waals surface area contributed by atoms with Gasteiger partial charge in [0.15, 0.2) is 5.65 Å². The summed E-state index contributed by atoms with van der Waals surface area (Å²) in [6.07, 6.45) is 1.58. The summed E-state index contributed by atoms with van der Waals surface area (Å²) in [4.78, 5) is 3.97. The number of aromatic nitrogens is 3. The van der Waals surface area contributed by atoms with Gasteiger partial charge >= 0.3 is 0 Å². The lowest BCUT2D eigenvalue weighted by Gasteiger charge is -1.95. The molecule has 0 saturated heterocycles. The van der Waals surface area contributed by atoms with Crippen LogP contribution in [0.4, 0.5) is 0 Å². The maximum absolute atomic E-state index is 8.56. The summed E-state index contributed by atoms with van der Waals surface area (Å²) in [6, 6.07) is 5.07. The second-order valence-corrected chi connectivity index (χ2v) is 2.56. The molecule has 0 fully saturated rings. The summed E-state index contributed by atoms with van der Waals surface area (Å²) < 4.78 is 1.46. The Hall–Kier alpha value is -1.60. The van der Waals surface area contributed by atoms with Crippen LogP contribution in [0.2, 0.25) is 5.15 Å². The lowest BCUT2D eigenvalue weighted by Crippen LogP contribution is -1.93. The Morgan fingerprint density at radius 3 is 3.17 bits per heavy atom. The van der Waals surface area contributed by atoms with Gasteiger partial charge in [0.1, 0.15) is 16.9 Å². The summed E-state index contributed by atoms with van der Waals surface area (Å²) in [5, 5.41) is 12.9. The Kier molecular flexibility index (Phi) is 1.45. The topological polar surface area (TPSA) is 54.0 Å². The van der Waals surface area contributed by atoms with Gasteiger partial charge in [0, 0.05) is 12.1 Å². The van der Waals surface area contributed by atoms with Gasteiger partial charge < -0.3 is 0 Å². The lowest BCUT2D eigenvalue weighted by molar-refractivity contribution is 0.936. The van der Waals surface area contributed by atoms with E-state index in [1.54, 1.807) is 12.3 Å². The van der Waals surface area contributed by atoms with E-state index >= 15 is 0 Å². The highest BCUT2D eigenvalue weighted by molar-refractivity contribution is 6.29. The number of hydrogen-bond donors (Lipinski definition) is 0. The van der Waals surface area contributed by atoms with Gasteiger partial charge in [0.25, 0.3) is 0 Å². The number of rotatable bonds is 0. The van der Waals surface area contributed by atoms with E-state index in [0.29, 0.717) is 16.5 Å². The van der Waals surface area contributed by atoms with Crippen molar-refractivity contribution in [1.82, 2.24) is 14.6 Å². The maximum Gasteiger partial charge on any atom is 0.158 e. The molecular weight excluding hydrogens is 176 g/mol. The number of fused-ring (bicyclic) bond motifs is 1. The molecule has 2 heterocycles. The molecule has 0 bridgehead atoms. The monoisotopic (exact) mass is 178 g/mol. The molecule has 0 radical (unpaired) electrons. The third-order valence-corrected chi connectivity index (χ3v) is 1.70. The molecule has 12 heavy (non-hydrogen) atoms. The lowest BCUT2D eigenvalue weighted by atomic mass is 10.4. The number of nitrogens with zero attached hydrogens (tertiary/aromatic N) is 4. The molecule has 0 aromatic carbocycles. The summed E-state index contributed by atoms with van der Waals surface area (Å²) in [6.45, 7) is 0. The molecule has 0 saturated carbocycles. The van der Waals surface area contributed by atoms with E-state index in [2.05, 4.69) is 10.1 Å². The van der Waals surface area contributed by atoms with Crippen molar-refractivity contribution >= 4 is 17.2 Å². The Balaban J connectivity index is 2.86. The zero-order valence-electron chi connectivity index (χ0n) is 5.90. The first-order valence-corrected chi connectivity index (χ1v) is 3.59. The van der Waals surface area contributed by atoms with Crippen LogP contribution in [0.25, 0.3) is 5.65 Å². The van der Waals surface area contributed by atoms with Crippen LogP contribution in [0.5, 0.6) is 0 Å². The zero-order chi connectivity index (χ0) is 8.55. The van der Waals surface area contributed by atoms with Crippen molar-refractivity contribution in [3.05, 3.63) is 29.2 Å². The van der Waals surface area contributed by atoms with Crippen LogP contribution in [0.1, 0.15) is 5.69 Å². The van der Waals surface area contributed by atoms with Gasteiger partial charge in [-0.3, -0.25) is 0 Å². The van der Waals surface area contributed by atoms with Crippen LogP contribution in [-0.4, -0.2) is 14.6 Å². The van der Waals surface area contributed by atoms with Gasteiger partial charge in [0.05, 0.1) is 6.20 Å². The number of nitriles is 1. The van der Waals surface area contributed by atoms with Gasteiger partial charge in [-0.25, -0.2) is 9.50 Å². The molecule has 2 rings (SSSR count). The van der Waals surface area contributed by atoms with Crippen molar-refractivity contribution in [3.63, 3.8) is 0 Å². The van der Waals surface area contributed by atoms with Crippen LogP contribution in [0.15, 0.2) is 18.3 Å². The molecular formula is C7H3ClN4. The van der Waals surface area contributed by atoms with E-state index in [-0.39, 0.29) is 0 Å². The maximum atomic E-state index is 8.56. The summed E-state index contributed by atoms with van der Waals surface area (Å²) in [7, 11) is 0. The Morgan fingerprint density at radius 1 is 1.58 bits per heavy atom. The minimum atomic E-state index is 0.299. The van der Waals surface area contributed by atoms with Crippen molar-refractivity contribution in [2.45, 2.75) is 0 Å². The third kappa shape index (κ3) is 0.917. The van der Waals surface area contributed by atoms with Crippen LogP contribution in [-0.2, 0) is 0 Å². The Bertz CT molecular complexity index is 468. The second kappa shape index (κ2) is 2.47. The summed E-state index contributed by atoms with van der Waals surface area (Å²) in [5.74, 6) is 0. The largest absolute Gasteiger partial charge is 0.218 e. The predicted molar refractivity (Wildman–Crippen MR) is 42.7 cm³/mol. The van der Waals surface area contributed by atoms with Crippen LogP contribution in [0.3, 0.4) is 0 Å². The number of halogens is 1. The van der Waals surface area contributed by atoms with Gasteiger partial charge in [-0.1, -0.05) is 11.6 Å². The molecule has 2 aromatic heterocycles. The van der Waals surface area contributed by atoms with E-state index < -0.39 is 0 Å². The van der Waals surface area contributed by atoms with Crippen molar-refractivity contribution in [2.24, 2.45) is 0 Å². The highest BCUT2D eigenvalue weighted by Gasteiger charge is 2.02. The average molecular weight is 179 g/mol. The summed E-state index contributed by atoms with van der Waals surface area (Å²) in [5.41, 5.74) is 0.882. The van der Waals surface area contributed by atoms with Gasteiger partial charge in [-0.05, 0) is 0 Å². The molecule has 0 amide bonds. The van der Waals surface area contributed by atoms with Crippen molar-refractivity contribution in [2.75, 3.05) is 0 Å². The predicted octanol–water partition coefficient (Wildman–Crippen LogP) is 1.25. The van der Waals surface area contributed by atoms with Crippen molar-refractivity contribution < 1.29 is 0 Å². The zero-order valence-corrected chi connectivity index (χ0v) is 6.65. The van der Waals surface area contributed by atoms with Gasteiger partial charge in [0.2, 0.25) is 0 Å². The molecule has 0 unspecified atom stereocenters. The third-order valence-electron chi connectivity index (χ3n) is 1.43. The van der Waals surface area contributed by atoms with E-state index in [4.69, 9.17) is 16.9 Å². The fraction of sp³-hybridized carbons (Fsp3) is 0. The first-order valence-electron chi connectivity index (χ1n) is 3.21. The minimum absolute atomic E-state index is 0.299. The highest BCUT2D eigenvalue weighted by atomic mass is 35.5. The van der Waals surface area contributed by atoms with E-state index in [1.165, 1.54) is 10.6 Å². The molecule has 0 N–H and O–H groups in total. The fourth-order valence-electron chi connectivity index (χ4n) is 0.933. The Labute approximate surface area is 73.0 Å². The van der Waals surface area contributed by atoms with Crippen molar-refractivity contribution in [3.8, 4) is 6.07 Å². The Morgan fingerprint density at radius 2 is 2.42 bits per heavy atom. The molecule has 0 aliphatic carbocycles. The molecule has 2 aromatic rings. The first-order chi connectivity index (χ1) is 5.81. The smallest absolute Gasteiger partial charge is 0.158 e. The van der Waals surface area contributed by atoms with E-state index in [0.717, 1.165) is 0 Å². The van der Waals surface area contributed by atoms with Crippen molar-refractivity contribution in [1.29, 1.82) is 5.26 Å². The van der Waals surface area contributed by atoms with E-state index in [1.807, 2.05) is 6.07 Å². The fourth-order valence-corrected chi connectivity index (χ4v) is 1.17. The molecule has 0 atom stereocenters. The number of hydrogen-bond acceptors (Lipinski definition) is 3.